The zero-order valence-corrected chi connectivity index (χ0v) is 8.69. The molecule has 0 saturated heterocycles. The number of pyridine rings is 1. The minimum absolute atomic E-state index is 0.435. The van der Waals surface area contributed by atoms with Gasteiger partial charge < -0.3 is 4.52 Å². The molecule has 1 aliphatic rings. The van der Waals surface area contributed by atoms with E-state index in [4.69, 9.17) is 15.8 Å². The van der Waals surface area contributed by atoms with Crippen molar-refractivity contribution in [2.45, 2.75) is 6.10 Å². The van der Waals surface area contributed by atoms with Crippen LogP contribution in [0.2, 0.25) is 0 Å². The van der Waals surface area contributed by atoms with Crippen molar-refractivity contribution in [3.63, 3.8) is 0 Å². The molecule has 14 heavy (non-hydrogen) atoms. The fraction of sp³-hybridized carbons (Fsp3) is 0.125. The number of hydrogen-bond acceptors (Lipinski definition) is 4. The molecular formula is C8H7ClNO3P. The van der Waals surface area contributed by atoms with Crippen LogP contribution in [0.15, 0.2) is 36.9 Å². The van der Waals surface area contributed by atoms with Gasteiger partial charge in [0, 0.05) is 23.6 Å². The molecule has 0 radical (unpaired) electrons. The third-order valence-electron chi connectivity index (χ3n) is 1.71. The average molecular weight is 232 g/mol. The molecule has 0 bridgehead atoms. The van der Waals surface area contributed by atoms with Gasteiger partial charge in [0.25, 0.3) is 0 Å². The van der Waals surface area contributed by atoms with Crippen LogP contribution >= 0.6 is 18.2 Å². The summed E-state index contributed by atoms with van der Waals surface area (Å²) in [4.78, 5) is 3.86. The maximum atomic E-state index is 11.3. The highest BCUT2D eigenvalue weighted by Gasteiger charge is 2.29. The topological polar surface area (TPSA) is 48.4 Å². The molecule has 0 spiro atoms. The highest BCUT2D eigenvalue weighted by molar-refractivity contribution is 7.81. The summed E-state index contributed by atoms with van der Waals surface area (Å²) >= 11 is 5.46. The normalized spacial score (nSPS) is 31.1. The predicted molar refractivity (Wildman–Crippen MR) is 51.7 cm³/mol. The van der Waals surface area contributed by atoms with Crippen molar-refractivity contribution >= 4 is 18.2 Å². The number of nitrogens with zero attached hydrogens (tertiary/aromatic N) is 1. The van der Waals surface area contributed by atoms with Crippen LogP contribution < -0.4 is 0 Å². The van der Waals surface area contributed by atoms with E-state index >= 15 is 0 Å². The summed E-state index contributed by atoms with van der Waals surface area (Å²) in [5.74, 6) is 0. The first kappa shape index (κ1) is 9.71. The largest absolute Gasteiger partial charge is 0.477 e. The summed E-state index contributed by atoms with van der Waals surface area (Å²) in [6, 6.07) is 3.52. The minimum Gasteiger partial charge on any atom is -0.422 e. The quantitative estimate of drug-likeness (QED) is 0.697. The second-order valence-electron chi connectivity index (χ2n) is 2.67. The highest BCUT2D eigenvalue weighted by atomic mass is 35.7. The Morgan fingerprint density at radius 2 is 2.14 bits per heavy atom. The Bertz CT molecular complexity index is 395. The molecule has 1 aromatic heterocycles. The van der Waals surface area contributed by atoms with Gasteiger partial charge in [-0.25, -0.2) is 4.57 Å². The van der Waals surface area contributed by atoms with Gasteiger partial charge in [-0.15, -0.1) is 0 Å². The number of aromatic nitrogens is 1. The minimum atomic E-state index is -3.44. The Hall–Kier alpha value is -0.830. The lowest BCUT2D eigenvalue weighted by Crippen LogP contribution is -2.02. The van der Waals surface area contributed by atoms with Gasteiger partial charge in [0.2, 0.25) is 0 Å². The first-order chi connectivity index (χ1) is 6.67. The summed E-state index contributed by atoms with van der Waals surface area (Å²) in [5.41, 5.74) is 0.834. The SMILES string of the molecule is O=P1(Cl)OC=CC(c2ccncc2)O1. The molecule has 0 fully saturated rings. The third kappa shape index (κ3) is 2.15. The van der Waals surface area contributed by atoms with Gasteiger partial charge in [-0.2, -0.15) is 0 Å². The van der Waals surface area contributed by atoms with Crippen LogP contribution in [0.5, 0.6) is 0 Å². The van der Waals surface area contributed by atoms with Gasteiger partial charge in [0.15, 0.2) is 0 Å². The molecule has 0 aliphatic carbocycles. The first-order valence-electron chi connectivity index (χ1n) is 3.90. The second kappa shape index (κ2) is 3.73. The molecule has 74 valence electrons. The zero-order chi connectivity index (χ0) is 10.0. The van der Waals surface area contributed by atoms with Crippen LogP contribution in [0.25, 0.3) is 0 Å². The van der Waals surface area contributed by atoms with Crippen molar-refractivity contribution in [3.05, 3.63) is 42.4 Å². The van der Waals surface area contributed by atoms with Gasteiger partial charge in [0.1, 0.15) is 6.10 Å². The van der Waals surface area contributed by atoms with Gasteiger partial charge in [0.05, 0.1) is 6.26 Å². The number of hydrogen-bond donors (Lipinski definition) is 0. The second-order valence-corrected chi connectivity index (χ2v) is 5.20. The monoisotopic (exact) mass is 231 g/mol. The molecule has 0 aromatic carbocycles. The smallest absolute Gasteiger partial charge is 0.422 e. The van der Waals surface area contributed by atoms with Crippen molar-refractivity contribution in [1.82, 2.24) is 4.98 Å². The Labute approximate surface area is 85.8 Å². The highest BCUT2D eigenvalue weighted by Crippen LogP contribution is 2.59. The Kier molecular flexibility index (Phi) is 2.59. The maximum absolute atomic E-state index is 11.3. The van der Waals surface area contributed by atoms with Crippen LogP contribution in [-0.2, 0) is 13.6 Å². The van der Waals surface area contributed by atoms with Crippen molar-refractivity contribution in [2.24, 2.45) is 0 Å². The number of rotatable bonds is 1. The standard InChI is InChI=1S/C8H7ClNO3P/c9-14(11)12-6-3-8(13-14)7-1-4-10-5-2-7/h1-6,8H. The zero-order valence-electron chi connectivity index (χ0n) is 7.04. The predicted octanol–water partition coefficient (Wildman–Crippen LogP) is 3.03. The Balaban J connectivity index is 2.25. The van der Waals surface area contributed by atoms with E-state index in [2.05, 4.69) is 9.51 Å². The van der Waals surface area contributed by atoms with Crippen LogP contribution in [0.3, 0.4) is 0 Å². The molecule has 0 N–H and O–H groups in total. The molecule has 4 nitrogen and oxygen atoms in total. The van der Waals surface area contributed by atoms with E-state index in [1.54, 1.807) is 30.6 Å². The van der Waals surface area contributed by atoms with Crippen molar-refractivity contribution < 1.29 is 13.6 Å². The molecule has 0 amide bonds. The van der Waals surface area contributed by atoms with Gasteiger partial charge in [-0.05, 0) is 23.8 Å². The molecular weight excluding hydrogens is 225 g/mol. The molecule has 6 heteroatoms. The molecule has 2 unspecified atom stereocenters. The number of halogens is 1. The summed E-state index contributed by atoms with van der Waals surface area (Å²) < 4.78 is 20.9. The molecule has 2 atom stereocenters. The Morgan fingerprint density at radius 3 is 2.79 bits per heavy atom. The van der Waals surface area contributed by atoms with Gasteiger partial charge in [-0.3, -0.25) is 9.51 Å². The molecule has 0 saturated carbocycles. The third-order valence-corrected chi connectivity index (χ3v) is 3.04. The summed E-state index contributed by atoms with van der Waals surface area (Å²) in [7, 11) is 0. The summed E-state index contributed by atoms with van der Waals surface area (Å²) in [6.07, 6.45) is 5.74. The lowest BCUT2D eigenvalue weighted by Gasteiger charge is -2.21. The molecule has 1 aliphatic heterocycles. The van der Waals surface area contributed by atoms with Crippen LogP contribution in [0, 0.1) is 0 Å². The van der Waals surface area contributed by atoms with E-state index in [0.29, 0.717) is 0 Å². The van der Waals surface area contributed by atoms with E-state index in [0.717, 1.165) is 5.56 Å². The van der Waals surface area contributed by atoms with E-state index in [9.17, 15) is 4.57 Å². The molecule has 1 aromatic rings. The van der Waals surface area contributed by atoms with Crippen molar-refractivity contribution in [1.29, 1.82) is 0 Å². The van der Waals surface area contributed by atoms with E-state index in [1.807, 2.05) is 0 Å². The lowest BCUT2D eigenvalue weighted by atomic mass is 10.1. The first-order valence-corrected chi connectivity index (χ1v) is 6.35. The Morgan fingerprint density at radius 1 is 1.43 bits per heavy atom. The van der Waals surface area contributed by atoms with Crippen LogP contribution in [-0.4, -0.2) is 4.98 Å². The molecule has 2 heterocycles. The summed E-state index contributed by atoms with van der Waals surface area (Å²) in [6.45, 7) is -3.44. The fourth-order valence-electron chi connectivity index (χ4n) is 1.10. The van der Waals surface area contributed by atoms with E-state index in [1.165, 1.54) is 6.26 Å². The average Bonchev–Trinajstić information content (AvgIpc) is 2.18. The van der Waals surface area contributed by atoms with Gasteiger partial charge in [-0.1, -0.05) is 0 Å². The molecule has 2 rings (SSSR count). The van der Waals surface area contributed by atoms with E-state index < -0.39 is 13.1 Å². The maximum Gasteiger partial charge on any atom is 0.477 e. The fourth-order valence-corrected chi connectivity index (χ4v) is 2.22. The summed E-state index contributed by atoms with van der Waals surface area (Å²) in [5, 5.41) is 0. The van der Waals surface area contributed by atoms with Crippen molar-refractivity contribution in [2.75, 3.05) is 0 Å². The van der Waals surface area contributed by atoms with E-state index in [-0.39, 0.29) is 0 Å². The van der Waals surface area contributed by atoms with Crippen LogP contribution in [0.1, 0.15) is 11.7 Å². The van der Waals surface area contributed by atoms with Crippen molar-refractivity contribution in [3.8, 4) is 0 Å². The lowest BCUT2D eigenvalue weighted by molar-refractivity contribution is 0.198. The van der Waals surface area contributed by atoms with Gasteiger partial charge >= 0.3 is 6.95 Å². The van der Waals surface area contributed by atoms with Crippen LogP contribution in [0.4, 0.5) is 0 Å².